The highest BCUT2D eigenvalue weighted by atomic mass is 32.2. The molecule has 2 atom stereocenters. The van der Waals surface area contributed by atoms with Gasteiger partial charge in [-0.1, -0.05) is 6.92 Å². The van der Waals surface area contributed by atoms with Crippen LogP contribution in [0.25, 0.3) is 0 Å². The molecule has 1 aliphatic rings. The Morgan fingerprint density at radius 1 is 1.45 bits per heavy atom. The molecule has 0 bridgehead atoms. The van der Waals surface area contributed by atoms with Crippen molar-refractivity contribution in [2.75, 3.05) is 30.8 Å². The van der Waals surface area contributed by atoms with Crippen LogP contribution in [0, 0.1) is 5.92 Å². The second kappa shape index (κ2) is 5.59. The summed E-state index contributed by atoms with van der Waals surface area (Å²) < 4.78 is 26.0. The van der Waals surface area contributed by atoms with Crippen LogP contribution in [0.4, 0.5) is 11.4 Å². The van der Waals surface area contributed by atoms with Gasteiger partial charge in [-0.25, -0.2) is 13.1 Å². The third kappa shape index (κ3) is 2.89. The molecule has 112 valence electrons. The van der Waals surface area contributed by atoms with Gasteiger partial charge in [0, 0.05) is 13.1 Å². The molecule has 6 nitrogen and oxygen atoms in total. The smallest absolute Gasteiger partial charge is 0.240 e. The van der Waals surface area contributed by atoms with Gasteiger partial charge >= 0.3 is 0 Å². The number of sulfonamides is 1. The average Bonchev–Trinajstić information content (AvgIpc) is 2.42. The number of nitrogen functional groups attached to an aromatic ring is 1. The van der Waals surface area contributed by atoms with Crippen molar-refractivity contribution in [2.45, 2.75) is 24.3 Å². The number of nitrogens with one attached hydrogen (secondary N) is 1. The van der Waals surface area contributed by atoms with E-state index in [1.807, 2.05) is 11.8 Å². The van der Waals surface area contributed by atoms with Gasteiger partial charge in [-0.3, -0.25) is 0 Å². The van der Waals surface area contributed by atoms with Crippen molar-refractivity contribution in [3.05, 3.63) is 18.2 Å². The highest BCUT2D eigenvalue weighted by Crippen LogP contribution is 2.30. The summed E-state index contributed by atoms with van der Waals surface area (Å²) in [5.41, 5.74) is 7.12. The first-order chi connectivity index (χ1) is 9.35. The second-order valence-corrected chi connectivity index (χ2v) is 7.09. The van der Waals surface area contributed by atoms with Crippen molar-refractivity contribution in [1.82, 2.24) is 4.72 Å². The Kier molecular flexibility index (Phi) is 4.22. The van der Waals surface area contributed by atoms with Crippen LogP contribution < -0.4 is 15.4 Å². The van der Waals surface area contributed by atoms with Crippen LogP contribution >= 0.6 is 0 Å². The predicted octanol–water partition coefficient (Wildman–Crippen LogP) is 0.384. The standard InChI is InChI=1S/C13H21N3O3S/c1-9-5-6-16(8-13(9)17)12-7-10(3-4-11(12)14)20(18,19)15-2/h3-4,7,9,13,15,17H,5-6,8,14H2,1-2H3. The first-order valence-corrected chi connectivity index (χ1v) is 8.09. The first kappa shape index (κ1) is 15.1. The van der Waals surface area contributed by atoms with Crippen molar-refractivity contribution in [2.24, 2.45) is 5.92 Å². The minimum atomic E-state index is -3.50. The Hall–Kier alpha value is -1.31. The van der Waals surface area contributed by atoms with Crippen LogP contribution in [0.5, 0.6) is 0 Å². The first-order valence-electron chi connectivity index (χ1n) is 6.61. The van der Waals surface area contributed by atoms with E-state index in [1.165, 1.54) is 13.1 Å². The molecule has 20 heavy (non-hydrogen) atoms. The van der Waals surface area contributed by atoms with Gasteiger partial charge in [0.25, 0.3) is 0 Å². The van der Waals surface area contributed by atoms with E-state index >= 15 is 0 Å². The molecule has 0 amide bonds. The fraction of sp³-hybridized carbons (Fsp3) is 0.538. The highest BCUT2D eigenvalue weighted by molar-refractivity contribution is 7.89. The maximum absolute atomic E-state index is 11.8. The van der Waals surface area contributed by atoms with Crippen molar-refractivity contribution in [3.8, 4) is 0 Å². The molecule has 1 aromatic carbocycles. The number of hydrogen-bond donors (Lipinski definition) is 3. The lowest BCUT2D eigenvalue weighted by molar-refractivity contribution is 0.103. The number of nitrogens with two attached hydrogens (primary N) is 1. The molecule has 1 heterocycles. The lowest BCUT2D eigenvalue weighted by Gasteiger charge is -2.36. The van der Waals surface area contributed by atoms with Gasteiger partial charge in [0.1, 0.15) is 0 Å². The van der Waals surface area contributed by atoms with Crippen molar-refractivity contribution >= 4 is 21.4 Å². The number of hydrogen-bond acceptors (Lipinski definition) is 5. The second-order valence-electron chi connectivity index (χ2n) is 5.21. The van der Waals surface area contributed by atoms with Crippen molar-refractivity contribution in [3.63, 3.8) is 0 Å². The molecule has 2 rings (SSSR count). The summed E-state index contributed by atoms with van der Waals surface area (Å²) >= 11 is 0. The van der Waals surface area contributed by atoms with Crippen LogP contribution in [0.1, 0.15) is 13.3 Å². The maximum atomic E-state index is 11.8. The van der Waals surface area contributed by atoms with E-state index in [0.29, 0.717) is 17.9 Å². The third-order valence-corrected chi connectivity index (χ3v) is 5.25. The van der Waals surface area contributed by atoms with E-state index in [-0.39, 0.29) is 10.8 Å². The van der Waals surface area contributed by atoms with E-state index in [0.717, 1.165) is 13.0 Å². The van der Waals surface area contributed by atoms with Gasteiger partial charge in [0.15, 0.2) is 0 Å². The molecule has 7 heteroatoms. The number of rotatable bonds is 3. The molecule has 1 aromatic rings. The Bertz CT molecular complexity index is 589. The molecule has 0 saturated carbocycles. The normalized spacial score (nSPS) is 23.9. The zero-order valence-corrected chi connectivity index (χ0v) is 12.5. The summed E-state index contributed by atoms with van der Waals surface area (Å²) in [6.07, 6.45) is 0.427. The van der Waals surface area contributed by atoms with E-state index in [1.54, 1.807) is 12.1 Å². The van der Waals surface area contributed by atoms with Gasteiger partial charge in [0.2, 0.25) is 10.0 Å². The topological polar surface area (TPSA) is 95.7 Å². The molecule has 1 aliphatic heterocycles. The van der Waals surface area contributed by atoms with E-state index in [4.69, 9.17) is 5.73 Å². The van der Waals surface area contributed by atoms with Crippen molar-refractivity contribution in [1.29, 1.82) is 0 Å². The molecule has 1 saturated heterocycles. The van der Waals surface area contributed by atoms with Crippen LogP contribution in [0.2, 0.25) is 0 Å². The third-order valence-electron chi connectivity index (χ3n) is 3.84. The zero-order valence-electron chi connectivity index (χ0n) is 11.7. The Morgan fingerprint density at radius 3 is 2.75 bits per heavy atom. The van der Waals surface area contributed by atoms with Crippen LogP contribution in [0.15, 0.2) is 23.1 Å². The number of β-amino-alcohol motifs (C(OH)–C–C–N with tert-alkyl or cyclic N) is 1. The van der Waals surface area contributed by atoms with Gasteiger partial charge in [-0.2, -0.15) is 0 Å². The summed E-state index contributed by atoms with van der Waals surface area (Å²) in [5, 5.41) is 9.96. The zero-order chi connectivity index (χ0) is 14.9. The van der Waals surface area contributed by atoms with Crippen LogP contribution in [-0.2, 0) is 10.0 Å². The molecular formula is C13H21N3O3S. The fourth-order valence-electron chi connectivity index (χ4n) is 2.35. The Balaban J connectivity index is 2.35. The molecule has 2 unspecified atom stereocenters. The number of nitrogens with zero attached hydrogens (tertiary/aromatic N) is 1. The number of aliphatic hydroxyl groups is 1. The molecule has 0 aliphatic carbocycles. The van der Waals surface area contributed by atoms with E-state index in [2.05, 4.69) is 4.72 Å². The minimum absolute atomic E-state index is 0.178. The predicted molar refractivity (Wildman–Crippen MR) is 79.1 cm³/mol. The summed E-state index contributed by atoms with van der Waals surface area (Å²) in [7, 11) is -2.12. The average molecular weight is 299 g/mol. The summed E-state index contributed by atoms with van der Waals surface area (Å²) in [6, 6.07) is 4.63. The number of piperidine rings is 1. The lowest BCUT2D eigenvalue weighted by Crippen LogP contribution is -2.43. The van der Waals surface area contributed by atoms with E-state index < -0.39 is 16.1 Å². The Morgan fingerprint density at radius 2 is 2.15 bits per heavy atom. The lowest BCUT2D eigenvalue weighted by atomic mass is 9.95. The molecule has 0 aromatic heterocycles. The van der Waals surface area contributed by atoms with E-state index in [9.17, 15) is 13.5 Å². The van der Waals surface area contributed by atoms with Gasteiger partial charge < -0.3 is 15.7 Å². The Labute approximate surface area is 119 Å². The number of aliphatic hydroxyl groups excluding tert-OH is 1. The molecule has 1 fully saturated rings. The van der Waals surface area contributed by atoms with Crippen molar-refractivity contribution < 1.29 is 13.5 Å². The quantitative estimate of drug-likeness (QED) is 0.702. The largest absolute Gasteiger partial charge is 0.397 e. The van der Waals surface area contributed by atoms with Gasteiger partial charge in [-0.15, -0.1) is 0 Å². The summed E-state index contributed by atoms with van der Waals surface area (Å²) in [5.74, 6) is 0.247. The monoisotopic (exact) mass is 299 g/mol. The van der Waals surface area contributed by atoms with Crippen LogP contribution in [-0.4, -0.2) is 39.8 Å². The maximum Gasteiger partial charge on any atom is 0.240 e. The highest BCUT2D eigenvalue weighted by Gasteiger charge is 2.26. The van der Waals surface area contributed by atoms with Crippen LogP contribution in [0.3, 0.4) is 0 Å². The number of anilines is 2. The summed E-state index contributed by atoms with van der Waals surface area (Å²) in [6.45, 7) is 3.23. The fourth-order valence-corrected chi connectivity index (χ4v) is 3.10. The van der Waals surface area contributed by atoms with Gasteiger partial charge in [-0.05, 0) is 37.6 Å². The SMILES string of the molecule is CNS(=O)(=O)c1ccc(N)c(N2CCC(C)C(O)C2)c1. The molecule has 0 radical (unpaired) electrons. The molecular weight excluding hydrogens is 278 g/mol. The molecule has 0 spiro atoms. The molecule has 4 N–H and O–H groups in total. The minimum Gasteiger partial charge on any atom is -0.397 e. The summed E-state index contributed by atoms with van der Waals surface area (Å²) in [4.78, 5) is 2.12. The van der Waals surface area contributed by atoms with Gasteiger partial charge in [0.05, 0.1) is 22.4 Å². The number of benzene rings is 1.